The number of rotatable bonds is 6. The van der Waals surface area contributed by atoms with Gasteiger partial charge in [0.1, 0.15) is 5.75 Å². The quantitative estimate of drug-likeness (QED) is 0.626. The Morgan fingerprint density at radius 2 is 1.60 bits per heavy atom. The molecule has 0 saturated heterocycles. The van der Waals surface area contributed by atoms with Crippen molar-refractivity contribution in [2.24, 2.45) is 5.10 Å². The van der Waals surface area contributed by atoms with Crippen molar-refractivity contribution < 1.29 is 14.3 Å². The second kappa shape index (κ2) is 8.63. The summed E-state index contributed by atoms with van der Waals surface area (Å²) in [5, 5.41) is 6.85. The van der Waals surface area contributed by atoms with Gasteiger partial charge in [0.15, 0.2) is 0 Å². The highest BCUT2D eigenvalue weighted by atomic mass is 16.5. The molecule has 2 aromatic carbocycles. The van der Waals surface area contributed by atoms with Crippen molar-refractivity contribution in [3.8, 4) is 5.75 Å². The minimum Gasteiger partial charge on any atom is -0.497 e. The molecular weight excluding hydrogens is 318 g/mol. The van der Waals surface area contributed by atoms with Crippen molar-refractivity contribution in [2.75, 3.05) is 12.4 Å². The normalized spacial score (nSPS) is 10.9. The van der Waals surface area contributed by atoms with Gasteiger partial charge in [-0.2, -0.15) is 5.10 Å². The number of hydrazone groups is 1. The molecule has 0 radical (unpaired) electrons. The molecule has 0 aromatic heterocycles. The van der Waals surface area contributed by atoms with Crippen LogP contribution in [-0.4, -0.2) is 24.6 Å². The first-order valence-corrected chi connectivity index (χ1v) is 7.92. The molecule has 0 atom stereocenters. The fraction of sp³-hybridized carbons (Fsp3) is 0.211. The number of carbonyl (C=O) groups is 2. The molecule has 2 rings (SSSR count). The van der Waals surface area contributed by atoms with Crippen LogP contribution in [-0.2, 0) is 4.79 Å². The van der Waals surface area contributed by atoms with Crippen LogP contribution in [0.3, 0.4) is 0 Å². The average Bonchev–Trinajstić information content (AvgIpc) is 2.66. The average molecular weight is 339 g/mol. The molecule has 0 unspecified atom stereocenters. The van der Waals surface area contributed by atoms with Crippen LogP contribution < -0.4 is 15.5 Å². The smallest absolute Gasteiger partial charge is 0.271 e. The lowest BCUT2D eigenvalue weighted by Crippen LogP contribution is -2.19. The van der Waals surface area contributed by atoms with E-state index in [0.29, 0.717) is 23.4 Å². The van der Waals surface area contributed by atoms with E-state index < -0.39 is 0 Å². The summed E-state index contributed by atoms with van der Waals surface area (Å²) in [5.41, 5.74) is 5.21. The summed E-state index contributed by atoms with van der Waals surface area (Å²) in [5.74, 6) is 0.369. The summed E-state index contributed by atoms with van der Waals surface area (Å²) in [6.45, 7) is 3.59. The topological polar surface area (TPSA) is 79.8 Å². The zero-order chi connectivity index (χ0) is 18.2. The van der Waals surface area contributed by atoms with Crippen molar-refractivity contribution in [3.05, 3.63) is 59.7 Å². The first-order chi connectivity index (χ1) is 12.0. The molecule has 2 amide bonds. The van der Waals surface area contributed by atoms with E-state index in [0.717, 1.165) is 11.3 Å². The molecule has 0 aliphatic carbocycles. The third-order valence-corrected chi connectivity index (χ3v) is 3.58. The predicted molar refractivity (Wildman–Crippen MR) is 98.0 cm³/mol. The van der Waals surface area contributed by atoms with Crippen LogP contribution in [0.4, 0.5) is 5.69 Å². The van der Waals surface area contributed by atoms with Gasteiger partial charge in [-0.1, -0.05) is 6.92 Å². The largest absolute Gasteiger partial charge is 0.497 e. The van der Waals surface area contributed by atoms with Gasteiger partial charge < -0.3 is 10.1 Å². The number of benzene rings is 2. The lowest BCUT2D eigenvalue weighted by Gasteiger charge is -2.06. The van der Waals surface area contributed by atoms with Crippen LogP contribution in [0.15, 0.2) is 53.6 Å². The van der Waals surface area contributed by atoms with E-state index in [2.05, 4.69) is 15.8 Å². The molecule has 0 fully saturated rings. The Balaban J connectivity index is 1.99. The highest BCUT2D eigenvalue weighted by Crippen LogP contribution is 2.12. The van der Waals surface area contributed by atoms with Gasteiger partial charge in [-0.15, -0.1) is 0 Å². The zero-order valence-corrected chi connectivity index (χ0v) is 14.5. The Labute approximate surface area is 146 Å². The maximum Gasteiger partial charge on any atom is 0.271 e. The molecule has 2 aromatic rings. The maximum atomic E-state index is 12.1. The number of carbonyl (C=O) groups excluding carboxylic acids is 2. The first-order valence-electron chi connectivity index (χ1n) is 7.92. The third-order valence-electron chi connectivity index (χ3n) is 3.58. The van der Waals surface area contributed by atoms with E-state index in [1.807, 2.05) is 31.2 Å². The summed E-state index contributed by atoms with van der Waals surface area (Å²) in [6, 6.07) is 14.0. The van der Waals surface area contributed by atoms with Crippen LogP contribution in [0, 0.1) is 0 Å². The second-order valence-electron chi connectivity index (χ2n) is 5.35. The van der Waals surface area contributed by atoms with Crippen molar-refractivity contribution in [2.45, 2.75) is 20.3 Å². The van der Waals surface area contributed by atoms with Crippen molar-refractivity contribution in [1.29, 1.82) is 0 Å². The second-order valence-corrected chi connectivity index (χ2v) is 5.35. The Bertz CT molecular complexity index is 766. The van der Waals surface area contributed by atoms with Crippen LogP contribution in [0.2, 0.25) is 0 Å². The van der Waals surface area contributed by atoms with E-state index in [4.69, 9.17) is 4.74 Å². The van der Waals surface area contributed by atoms with Gasteiger partial charge in [0, 0.05) is 17.7 Å². The first kappa shape index (κ1) is 18.2. The molecule has 130 valence electrons. The monoisotopic (exact) mass is 339 g/mol. The van der Waals surface area contributed by atoms with Crippen molar-refractivity contribution >= 4 is 23.2 Å². The molecule has 0 spiro atoms. The van der Waals surface area contributed by atoms with E-state index in [9.17, 15) is 9.59 Å². The molecular formula is C19H21N3O3. The minimum absolute atomic E-state index is 0.0723. The van der Waals surface area contributed by atoms with Crippen LogP contribution in [0.25, 0.3) is 0 Å². The van der Waals surface area contributed by atoms with Gasteiger partial charge in [-0.3, -0.25) is 9.59 Å². The van der Waals surface area contributed by atoms with Crippen LogP contribution >= 0.6 is 0 Å². The maximum absolute atomic E-state index is 12.1. The Morgan fingerprint density at radius 3 is 2.16 bits per heavy atom. The fourth-order valence-corrected chi connectivity index (χ4v) is 2.05. The zero-order valence-electron chi connectivity index (χ0n) is 14.5. The van der Waals surface area contributed by atoms with Crippen molar-refractivity contribution in [1.82, 2.24) is 5.43 Å². The molecule has 0 saturated carbocycles. The van der Waals surface area contributed by atoms with Crippen molar-refractivity contribution in [3.63, 3.8) is 0 Å². The molecule has 0 aliphatic rings. The highest BCUT2D eigenvalue weighted by molar-refractivity contribution is 6.01. The molecule has 2 N–H and O–H groups in total. The number of ether oxygens (including phenoxy) is 1. The summed E-state index contributed by atoms with van der Waals surface area (Å²) in [7, 11) is 1.61. The minimum atomic E-state index is -0.318. The number of anilines is 1. The summed E-state index contributed by atoms with van der Waals surface area (Å²) in [6.07, 6.45) is 0.404. The van der Waals surface area contributed by atoms with Crippen LogP contribution in [0.5, 0.6) is 5.75 Å². The number of nitrogens with zero attached hydrogens (tertiary/aromatic N) is 1. The molecule has 0 bridgehead atoms. The fourth-order valence-electron chi connectivity index (χ4n) is 2.05. The number of nitrogens with one attached hydrogen (secondary N) is 2. The van der Waals surface area contributed by atoms with Crippen LogP contribution in [0.1, 0.15) is 36.2 Å². The highest BCUT2D eigenvalue weighted by Gasteiger charge is 2.06. The number of amides is 2. The lowest BCUT2D eigenvalue weighted by atomic mass is 10.1. The lowest BCUT2D eigenvalue weighted by molar-refractivity contribution is -0.115. The summed E-state index contributed by atoms with van der Waals surface area (Å²) < 4.78 is 5.11. The van der Waals surface area contributed by atoms with E-state index >= 15 is 0 Å². The van der Waals surface area contributed by atoms with Gasteiger partial charge >= 0.3 is 0 Å². The number of hydrogen-bond acceptors (Lipinski definition) is 4. The third kappa shape index (κ3) is 5.17. The molecule has 6 heteroatoms. The summed E-state index contributed by atoms with van der Waals surface area (Å²) >= 11 is 0. The summed E-state index contributed by atoms with van der Waals surface area (Å²) in [4.78, 5) is 23.5. The Morgan fingerprint density at radius 1 is 1.00 bits per heavy atom. The molecule has 0 aliphatic heterocycles. The molecule has 0 heterocycles. The van der Waals surface area contributed by atoms with Gasteiger partial charge in [0.25, 0.3) is 5.91 Å². The van der Waals surface area contributed by atoms with E-state index in [1.54, 1.807) is 38.3 Å². The van der Waals surface area contributed by atoms with Gasteiger partial charge in [0.05, 0.1) is 12.8 Å². The predicted octanol–water partition coefficient (Wildman–Crippen LogP) is 3.20. The Hall–Kier alpha value is -3.15. The Kier molecular flexibility index (Phi) is 6.28. The SMILES string of the molecule is CCC(=O)Nc1ccc(C(=O)NN=C(C)c2ccc(OC)cc2)cc1. The number of hydrogen-bond donors (Lipinski definition) is 2. The van der Waals surface area contributed by atoms with Gasteiger partial charge in [0.2, 0.25) is 5.91 Å². The standard InChI is InChI=1S/C19H21N3O3/c1-4-18(23)20-16-9-5-15(6-10-16)19(24)22-21-13(2)14-7-11-17(25-3)12-8-14/h5-12H,4H2,1-3H3,(H,20,23)(H,22,24). The van der Waals surface area contributed by atoms with E-state index in [-0.39, 0.29) is 11.8 Å². The molecule has 25 heavy (non-hydrogen) atoms. The van der Waals surface area contributed by atoms with Gasteiger partial charge in [-0.25, -0.2) is 5.43 Å². The number of methoxy groups -OCH3 is 1. The van der Waals surface area contributed by atoms with E-state index in [1.165, 1.54) is 0 Å². The van der Waals surface area contributed by atoms with Gasteiger partial charge in [-0.05, 0) is 61.0 Å². The molecule has 6 nitrogen and oxygen atoms in total.